The Morgan fingerprint density at radius 3 is 2.06 bits per heavy atom. The van der Waals surface area contributed by atoms with Crippen molar-refractivity contribution in [1.82, 2.24) is 24.8 Å². The molecule has 0 unspecified atom stereocenters. The molecular weight excluding hydrogens is 434 g/mol. The number of rotatable bonds is 5. The molecule has 0 bridgehead atoms. The largest absolute Gasteiger partial charge is 0.493 e. The zero-order chi connectivity index (χ0) is 24.4. The van der Waals surface area contributed by atoms with Crippen LogP contribution in [0, 0.1) is 20.8 Å². The van der Waals surface area contributed by atoms with Crippen LogP contribution in [0.25, 0.3) is 5.69 Å². The van der Waals surface area contributed by atoms with Crippen LogP contribution < -0.4 is 9.47 Å². The van der Waals surface area contributed by atoms with Crippen molar-refractivity contribution in [3.63, 3.8) is 0 Å². The third-order valence-electron chi connectivity index (χ3n) is 6.04. The number of amides is 2. The van der Waals surface area contributed by atoms with Crippen molar-refractivity contribution in [3.05, 3.63) is 64.5 Å². The maximum Gasteiger partial charge on any atom is 0.276 e. The normalized spacial score (nSPS) is 13.7. The van der Waals surface area contributed by atoms with Gasteiger partial charge < -0.3 is 19.3 Å². The molecule has 34 heavy (non-hydrogen) atoms. The van der Waals surface area contributed by atoms with Crippen molar-refractivity contribution >= 4 is 11.8 Å². The van der Waals surface area contributed by atoms with Crippen LogP contribution in [-0.4, -0.2) is 77.0 Å². The van der Waals surface area contributed by atoms with Crippen LogP contribution in [0.2, 0.25) is 0 Å². The third kappa shape index (κ3) is 4.46. The zero-order valence-corrected chi connectivity index (χ0v) is 20.2. The van der Waals surface area contributed by atoms with Crippen molar-refractivity contribution in [2.75, 3.05) is 40.4 Å². The molecule has 0 aliphatic carbocycles. The van der Waals surface area contributed by atoms with Crippen molar-refractivity contribution < 1.29 is 19.1 Å². The van der Waals surface area contributed by atoms with Gasteiger partial charge in [-0.3, -0.25) is 9.59 Å². The van der Waals surface area contributed by atoms with E-state index in [1.165, 1.54) is 11.9 Å². The summed E-state index contributed by atoms with van der Waals surface area (Å²) in [5.74, 6) is 0.792. The lowest BCUT2D eigenvalue weighted by molar-refractivity contribution is 0.0531. The number of hydrogen-bond donors (Lipinski definition) is 0. The van der Waals surface area contributed by atoms with Gasteiger partial charge in [0, 0.05) is 31.7 Å². The molecule has 1 aliphatic rings. The van der Waals surface area contributed by atoms with Gasteiger partial charge in [-0.05, 0) is 50.6 Å². The lowest BCUT2D eigenvalue weighted by Gasteiger charge is -2.34. The lowest BCUT2D eigenvalue weighted by Crippen LogP contribution is -2.50. The van der Waals surface area contributed by atoms with Crippen molar-refractivity contribution in [1.29, 1.82) is 0 Å². The SMILES string of the molecule is COc1ccc(C(=O)N2CCN(C(=O)c3nn(-c4ccc(C)cc4C)nc3C)CC2)cc1OC. The van der Waals surface area contributed by atoms with E-state index in [4.69, 9.17) is 9.47 Å². The van der Waals surface area contributed by atoms with E-state index in [9.17, 15) is 9.59 Å². The van der Waals surface area contributed by atoms with E-state index in [1.807, 2.05) is 26.0 Å². The smallest absolute Gasteiger partial charge is 0.276 e. The Kier molecular flexibility index (Phi) is 6.54. The molecule has 0 atom stereocenters. The number of hydrogen-bond acceptors (Lipinski definition) is 6. The average Bonchev–Trinajstić information content (AvgIpc) is 3.23. The highest BCUT2D eigenvalue weighted by Gasteiger charge is 2.28. The van der Waals surface area contributed by atoms with E-state index in [0.29, 0.717) is 54.6 Å². The van der Waals surface area contributed by atoms with Crippen molar-refractivity contribution in [3.8, 4) is 17.2 Å². The second kappa shape index (κ2) is 9.54. The topological polar surface area (TPSA) is 89.8 Å². The van der Waals surface area contributed by atoms with Crippen molar-refractivity contribution in [2.24, 2.45) is 0 Å². The Bertz CT molecular complexity index is 1230. The summed E-state index contributed by atoms with van der Waals surface area (Å²) in [6.45, 7) is 7.53. The molecule has 0 spiro atoms. The first-order chi connectivity index (χ1) is 16.3. The molecule has 9 heteroatoms. The van der Waals surface area contributed by atoms with Crippen LogP contribution in [0.15, 0.2) is 36.4 Å². The maximum atomic E-state index is 13.2. The number of aromatic nitrogens is 3. The highest BCUT2D eigenvalue weighted by molar-refractivity contribution is 5.96. The fourth-order valence-electron chi connectivity index (χ4n) is 4.13. The van der Waals surface area contributed by atoms with Gasteiger partial charge in [0.15, 0.2) is 17.2 Å². The number of carbonyl (C=O) groups excluding carboxylic acids is 2. The molecule has 2 heterocycles. The van der Waals surface area contributed by atoms with Crippen molar-refractivity contribution in [2.45, 2.75) is 20.8 Å². The molecule has 0 saturated carbocycles. The number of ether oxygens (including phenoxy) is 2. The van der Waals surface area contributed by atoms with Gasteiger partial charge in [0.25, 0.3) is 11.8 Å². The van der Waals surface area contributed by atoms with E-state index >= 15 is 0 Å². The predicted molar refractivity (Wildman–Crippen MR) is 127 cm³/mol. The number of methoxy groups -OCH3 is 2. The van der Waals surface area contributed by atoms with Gasteiger partial charge in [0.1, 0.15) is 0 Å². The molecule has 178 valence electrons. The minimum absolute atomic E-state index is 0.106. The van der Waals surface area contributed by atoms with Gasteiger partial charge in [0.05, 0.1) is 25.6 Å². The Hall–Kier alpha value is -3.88. The van der Waals surface area contributed by atoms with Crippen LogP contribution >= 0.6 is 0 Å². The second-order valence-electron chi connectivity index (χ2n) is 8.37. The Morgan fingerprint density at radius 2 is 1.44 bits per heavy atom. The van der Waals surface area contributed by atoms with E-state index < -0.39 is 0 Å². The van der Waals surface area contributed by atoms with Crippen LogP contribution in [0.1, 0.15) is 37.7 Å². The molecule has 9 nitrogen and oxygen atoms in total. The number of nitrogens with zero attached hydrogens (tertiary/aromatic N) is 5. The first-order valence-corrected chi connectivity index (χ1v) is 11.1. The molecule has 0 N–H and O–H groups in total. The monoisotopic (exact) mass is 463 g/mol. The second-order valence-corrected chi connectivity index (χ2v) is 8.37. The molecule has 1 fully saturated rings. The van der Waals surface area contributed by atoms with Crippen LogP contribution in [0.4, 0.5) is 0 Å². The van der Waals surface area contributed by atoms with E-state index in [-0.39, 0.29) is 11.8 Å². The maximum absolute atomic E-state index is 13.2. The molecule has 1 saturated heterocycles. The molecule has 3 aromatic rings. The quantitative estimate of drug-likeness (QED) is 0.578. The number of benzene rings is 2. The average molecular weight is 464 g/mol. The zero-order valence-electron chi connectivity index (χ0n) is 20.2. The van der Waals surface area contributed by atoms with E-state index in [1.54, 1.807) is 42.0 Å². The molecular formula is C25H29N5O4. The molecule has 1 aliphatic heterocycles. The summed E-state index contributed by atoms with van der Waals surface area (Å²) in [5.41, 5.74) is 4.47. The lowest BCUT2D eigenvalue weighted by atomic mass is 10.1. The van der Waals surface area contributed by atoms with Gasteiger partial charge in [-0.2, -0.15) is 9.90 Å². The highest BCUT2D eigenvalue weighted by atomic mass is 16.5. The van der Waals surface area contributed by atoms with E-state index in [2.05, 4.69) is 16.3 Å². The van der Waals surface area contributed by atoms with Gasteiger partial charge in [-0.1, -0.05) is 17.7 Å². The predicted octanol–water partition coefficient (Wildman–Crippen LogP) is 2.81. The number of piperazine rings is 1. The molecule has 4 rings (SSSR count). The summed E-state index contributed by atoms with van der Waals surface area (Å²) in [6, 6.07) is 11.1. The fraction of sp³-hybridized carbons (Fsp3) is 0.360. The summed E-state index contributed by atoms with van der Waals surface area (Å²) < 4.78 is 10.5. The van der Waals surface area contributed by atoms with Crippen LogP contribution in [-0.2, 0) is 0 Å². The Balaban J connectivity index is 1.44. The van der Waals surface area contributed by atoms with Gasteiger partial charge >= 0.3 is 0 Å². The fourth-order valence-corrected chi connectivity index (χ4v) is 4.13. The van der Waals surface area contributed by atoms with Gasteiger partial charge in [-0.25, -0.2) is 0 Å². The van der Waals surface area contributed by atoms with Crippen LogP contribution in [0.5, 0.6) is 11.5 Å². The Morgan fingerprint density at radius 1 is 0.794 bits per heavy atom. The third-order valence-corrected chi connectivity index (χ3v) is 6.04. The highest BCUT2D eigenvalue weighted by Crippen LogP contribution is 2.28. The summed E-state index contributed by atoms with van der Waals surface area (Å²) in [7, 11) is 3.09. The Labute approximate surface area is 198 Å². The number of aryl methyl sites for hydroxylation is 3. The first kappa shape index (κ1) is 23.3. The first-order valence-electron chi connectivity index (χ1n) is 11.1. The summed E-state index contributed by atoms with van der Waals surface area (Å²) in [5, 5.41) is 8.96. The summed E-state index contributed by atoms with van der Waals surface area (Å²) >= 11 is 0. The molecule has 2 aromatic carbocycles. The standard InChI is InChI=1S/C25H29N5O4/c1-16-6-8-20(17(2)14-16)30-26-18(3)23(27-30)25(32)29-12-10-28(11-13-29)24(31)19-7-9-21(33-4)22(15-19)34-5/h6-9,14-15H,10-13H2,1-5H3. The molecule has 0 radical (unpaired) electrons. The van der Waals surface area contributed by atoms with E-state index in [0.717, 1.165) is 16.8 Å². The minimum Gasteiger partial charge on any atom is -0.493 e. The minimum atomic E-state index is -0.174. The molecule has 1 aromatic heterocycles. The summed E-state index contributed by atoms with van der Waals surface area (Å²) in [4.78, 5) is 31.2. The van der Waals surface area contributed by atoms with Crippen LogP contribution in [0.3, 0.4) is 0 Å². The summed E-state index contributed by atoms with van der Waals surface area (Å²) in [6.07, 6.45) is 0. The number of carbonyl (C=O) groups is 2. The van der Waals surface area contributed by atoms with Gasteiger partial charge in [-0.15, -0.1) is 5.10 Å². The van der Waals surface area contributed by atoms with Gasteiger partial charge in [0.2, 0.25) is 0 Å². The molecule has 2 amide bonds.